The maximum Gasteiger partial charge on any atom is 0.241 e. The number of carbonyl (C=O) groups is 1. The van der Waals surface area contributed by atoms with Crippen LogP contribution in [0, 0.1) is 0 Å². The molecule has 1 amide bonds. The SMILES string of the molecule is COc1ccc(N2CCN(C(=O)C(C)NS(=O)(=O)c3ccc(Cl)cc3)CC2)cc1. The van der Waals surface area contributed by atoms with Crippen LogP contribution in [-0.2, 0) is 14.8 Å². The zero-order valence-electron chi connectivity index (χ0n) is 16.3. The predicted octanol–water partition coefficient (Wildman–Crippen LogP) is 2.36. The molecule has 0 spiro atoms. The summed E-state index contributed by atoms with van der Waals surface area (Å²) in [6, 6.07) is 12.7. The van der Waals surface area contributed by atoms with Gasteiger partial charge in [0.25, 0.3) is 0 Å². The van der Waals surface area contributed by atoms with E-state index in [2.05, 4.69) is 9.62 Å². The molecule has 1 aliphatic rings. The molecule has 1 fully saturated rings. The number of anilines is 1. The summed E-state index contributed by atoms with van der Waals surface area (Å²) in [5.41, 5.74) is 1.06. The first-order valence-electron chi connectivity index (χ1n) is 9.26. The van der Waals surface area contributed by atoms with Gasteiger partial charge < -0.3 is 14.5 Å². The van der Waals surface area contributed by atoms with Crippen molar-refractivity contribution < 1.29 is 17.9 Å². The van der Waals surface area contributed by atoms with Gasteiger partial charge in [-0.15, -0.1) is 0 Å². The average Bonchev–Trinajstić information content (AvgIpc) is 2.73. The molecule has 2 aromatic carbocycles. The molecular formula is C20H24ClN3O4S. The van der Waals surface area contributed by atoms with Crippen molar-refractivity contribution in [1.29, 1.82) is 0 Å². The van der Waals surface area contributed by atoms with Gasteiger partial charge in [-0.25, -0.2) is 8.42 Å². The Bertz CT molecular complexity index is 941. The number of hydrogen-bond acceptors (Lipinski definition) is 5. The van der Waals surface area contributed by atoms with Gasteiger partial charge in [0, 0.05) is 36.9 Å². The van der Waals surface area contributed by atoms with Crippen molar-refractivity contribution in [3.8, 4) is 5.75 Å². The van der Waals surface area contributed by atoms with Gasteiger partial charge in [0.05, 0.1) is 18.0 Å². The van der Waals surface area contributed by atoms with E-state index in [0.29, 0.717) is 31.2 Å². The lowest BCUT2D eigenvalue weighted by Crippen LogP contribution is -2.54. The van der Waals surface area contributed by atoms with Crippen LogP contribution in [0.4, 0.5) is 5.69 Å². The summed E-state index contributed by atoms with van der Waals surface area (Å²) < 4.78 is 32.6. The fourth-order valence-electron chi connectivity index (χ4n) is 3.22. The second-order valence-electron chi connectivity index (χ2n) is 6.81. The zero-order valence-corrected chi connectivity index (χ0v) is 17.9. The Morgan fingerprint density at radius 1 is 1.03 bits per heavy atom. The first kappa shape index (κ1) is 21.4. The van der Waals surface area contributed by atoms with Gasteiger partial charge in [0.15, 0.2) is 0 Å². The number of benzene rings is 2. The molecule has 0 aliphatic carbocycles. The normalized spacial score (nSPS) is 15.8. The first-order valence-corrected chi connectivity index (χ1v) is 11.1. The molecule has 3 rings (SSSR count). The summed E-state index contributed by atoms with van der Waals surface area (Å²) in [7, 11) is -2.17. The molecule has 1 unspecified atom stereocenters. The van der Waals surface area contributed by atoms with E-state index in [1.165, 1.54) is 24.3 Å². The van der Waals surface area contributed by atoms with Crippen molar-refractivity contribution in [2.45, 2.75) is 17.9 Å². The van der Waals surface area contributed by atoms with Crippen molar-refractivity contribution in [3.05, 3.63) is 53.6 Å². The lowest BCUT2D eigenvalue weighted by Gasteiger charge is -2.37. The first-order chi connectivity index (χ1) is 13.8. The standard InChI is InChI=1S/C20H24ClN3O4S/c1-15(22-29(26,27)19-9-3-16(21)4-10-19)20(25)24-13-11-23(12-14-24)17-5-7-18(28-2)8-6-17/h3-10,15,22H,11-14H2,1-2H3. The van der Waals surface area contributed by atoms with Crippen LogP contribution in [0.1, 0.15) is 6.92 Å². The smallest absolute Gasteiger partial charge is 0.241 e. The minimum Gasteiger partial charge on any atom is -0.497 e. The van der Waals surface area contributed by atoms with Gasteiger partial charge in [-0.2, -0.15) is 4.72 Å². The highest BCUT2D eigenvalue weighted by atomic mass is 35.5. The second kappa shape index (κ2) is 9.02. The highest BCUT2D eigenvalue weighted by molar-refractivity contribution is 7.89. The molecule has 0 saturated carbocycles. The highest BCUT2D eigenvalue weighted by Gasteiger charge is 2.28. The number of hydrogen-bond donors (Lipinski definition) is 1. The molecule has 1 saturated heterocycles. The Morgan fingerprint density at radius 3 is 2.17 bits per heavy atom. The summed E-state index contributed by atoms with van der Waals surface area (Å²) in [6.45, 7) is 3.96. The third-order valence-electron chi connectivity index (χ3n) is 4.86. The molecule has 7 nitrogen and oxygen atoms in total. The Morgan fingerprint density at radius 2 is 1.62 bits per heavy atom. The highest BCUT2D eigenvalue weighted by Crippen LogP contribution is 2.21. The maximum atomic E-state index is 12.7. The molecule has 1 atom stereocenters. The van der Waals surface area contributed by atoms with Crippen LogP contribution in [0.5, 0.6) is 5.75 Å². The molecule has 1 heterocycles. The predicted molar refractivity (Wildman–Crippen MR) is 113 cm³/mol. The maximum absolute atomic E-state index is 12.7. The van der Waals surface area contributed by atoms with Gasteiger partial charge >= 0.3 is 0 Å². The number of methoxy groups -OCH3 is 1. The molecule has 1 N–H and O–H groups in total. The number of rotatable bonds is 6. The second-order valence-corrected chi connectivity index (χ2v) is 8.96. The quantitative estimate of drug-likeness (QED) is 0.750. The van der Waals surface area contributed by atoms with Crippen LogP contribution in [0.3, 0.4) is 0 Å². The number of sulfonamides is 1. The van der Waals surface area contributed by atoms with Crippen LogP contribution >= 0.6 is 11.6 Å². The van der Waals surface area contributed by atoms with Gasteiger partial charge in [-0.1, -0.05) is 11.6 Å². The van der Waals surface area contributed by atoms with Crippen LogP contribution in [0.2, 0.25) is 5.02 Å². The molecular weight excluding hydrogens is 414 g/mol. The van der Waals surface area contributed by atoms with Crippen molar-refractivity contribution in [2.24, 2.45) is 0 Å². The average molecular weight is 438 g/mol. The Balaban J connectivity index is 1.57. The third-order valence-corrected chi connectivity index (χ3v) is 6.66. The summed E-state index contributed by atoms with van der Waals surface area (Å²) in [5, 5.41) is 0.447. The minimum atomic E-state index is -3.80. The van der Waals surface area contributed by atoms with Crippen molar-refractivity contribution in [1.82, 2.24) is 9.62 Å². The van der Waals surface area contributed by atoms with E-state index >= 15 is 0 Å². The van der Waals surface area contributed by atoms with E-state index in [-0.39, 0.29) is 10.8 Å². The van der Waals surface area contributed by atoms with Crippen LogP contribution in [0.25, 0.3) is 0 Å². The van der Waals surface area contributed by atoms with E-state index in [9.17, 15) is 13.2 Å². The summed E-state index contributed by atoms with van der Waals surface area (Å²) in [4.78, 5) is 16.7. The van der Waals surface area contributed by atoms with Crippen molar-refractivity contribution in [2.75, 3.05) is 38.2 Å². The zero-order chi connectivity index (χ0) is 21.0. The number of nitrogens with zero attached hydrogens (tertiary/aromatic N) is 2. The number of nitrogens with one attached hydrogen (secondary N) is 1. The number of ether oxygens (including phenoxy) is 1. The molecule has 1 aliphatic heterocycles. The number of piperazine rings is 1. The molecule has 9 heteroatoms. The van der Waals surface area contributed by atoms with E-state index in [1.54, 1.807) is 18.9 Å². The molecule has 0 bridgehead atoms. The fourth-order valence-corrected chi connectivity index (χ4v) is 4.54. The number of halogens is 1. The van der Waals surface area contributed by atoms with Gasteiger partial charge in [0.2, 0.25) is 15.9 Å². The van der Waals surface area contributed by atoms with Crippen LogP contribution in [-0.4, -0.2) is 58.6 Å². The molecule has 156 valence electrons. The van der Waals surface area contributed by atoms with E-state index in [0.717, 1.165) is 11.4 Å². The third kappa shape index (κ3) is 5.20. The van der Waals surface area contributed by atoms with Crippen LogP contribution in [0.15, 0.2) is 53.4 Å². The summed E-state index contributed by atoms with van der Waals surface area (Å²) in [6.07, 6.45) is 0. The van der Waals surface area contributed by atoms with E-state index in [4.69, 9.17) is 16.3 Å². The van der Waals surface area contributed by atoms with Crippen molar-refractivity contribution in [3.63, 3.8) is 0 Å². The van der Waals surface area contributed by atoms with Crippen molar-refractivity contribution >= 4 is 33.2 Å². The van der Waals surface area contributed by atoms with Crippen LogP contribution < -0.4 is 14.4 Å². The lowest BCUT2D eigenvalue weighted by molar-refractivity contribution is -0.132. The van der Waals surface area contributed by atoms with Gasteiger partial charge in [0.1, 0.15) is 5.75 Å². The summed E-state index contributed by atoms with van der Waals surface area (Å²) >= 11 is 5.80. The topological polar surface area (TPSA) is 79.0 Å². The Kier molecular flexibility index (Phi) is 6.66. The van der Waals surface area contributed by atoms with Gasteiger partial charge in [-0.3, -0.25) is 4.79 Å². The fraction of sp³-hybridized carbons (Fsp3) is 0.350. The minimum absolute atomic E-state index is 0.0749. The van der Waals surface area contributed by atoms with Gasteiger partial charge in [-0.05, 0) is 55.5 Å². The lowest BCUT2D eigenvalue weighted by atomic mass is 10.2. The van der Waals surface area contributed by atoms with E-state index < -0.39 is 16.1 Å². The monoisotopic (exact) mass is 437 g/mol. The van der Waals surface area contributed by atoms with E-state index in [1.807, 2.05) is 24.3 Å². The Hall–Kier alpha value is -2.29. The molecule has 0 aromatic heterocycles. The Labute approximate surface area is 176 Å². The largest absolute Gasteiger partial charge is 0.497 e. The number of carbonyl (C=O) groups excluding carboxylic acids is 1. The number of amides is 1. The molecule has 2 aromatic rings. The summed E-state index contributed by atoms with van der Waals surface area (Å²) in [5.74, 6) is 0.557. The molecule has 29 heavy (non-hydrogen) atoms. The molecule has 0 radical (unpaired) electrons.